The molecule has 1 heterocycles. The highest BCUT2D eigenvalue weighted by atomic mass is 79.9. The molecule has 4 heteroatoms. The van der Waals surface area contributed by atoms with E-state index in [1.54, 1.807) is 11.3 Å². The first-order valence-corrected chi connectivity index (χ1v) is 7.46. The van der Waals surface area contributed by atoms with Crippen molar-refractivity contribution in [3.63, 3.8) is 0 Å². The highest BCUT2D eigenvalue weighted by Gasteiger charge is 2.31. The molecule has 0 saturated heterocycles. The van der Waals surface area contributed by atoms with Gasteiger partial charge in [0, 0.05) is 27.3 Å². The lowest BCUT2D eigenvalue weighted by Crippen LogP contribution is -2.38. The zero-order chi connectivity index (χ0) is 11.6. The molecule has 1 aliphatic rings. The van der Waals surface area contributed by atoms with Crippen molar-refractivity contribution in [2.24, 2.45) is 0 Å². The minimum absolute atomic E-state index is 0.320. The zero-order valence-corrected chi connectivity index (χ0v) is 11.9. The number of rotatable bonds is 4. The number of halogens is 1. The van der Waals surface area contributed by atoms with Gasteiger partial charge >= 0.3 is 0 Å². The van der Waals surface area contributed by atoms with Crippen LogP contribution in [0.3, 0.4) is 0 Å². The van der Waals surface area contributed by atoms with Crippen molar-refractivity contribution in [2.45, 2.75) is 44.2 Å². The Morgan fingerprint density at radius 3 is 2.81 bits per heavy atom. The maximum absolute atomic E-state index is 10.2. The second kappa shape index (κ2) is 5.17. The van der Waals surface area contributed by atoms with Crippen LogP contribution >= 0.6 is 27.3 Å². The number of thiophene rings is 1. The molecule has 0 bridgehead atoms. The normalized spacial score (nSPS) is 21.2. The Labute approximate surface area is 109 Å². The Kier molecular flexibility index (Phi) is 4.06. The van der Waals surface area contributed by atoms with Gasteiger partial charge in [-0.3, -0.25) is 0 Å². The number of nitrogens with one attached hydrogen (secondary N) is 1. The molecule has 16 heavy (non-hydrogen) atoms. The van der Waals surface area contributed by atoms with E-state index < -0.39 is 5.60 Å². The SMILES string of the molecule is CC(NCC1(O)CCCC1)c1cc(Br)cs1. The summed E-state index contributed by atoms with van der Waals surface area (Å²) in [6, 6.07) is 2.46. The molecule has 0 amide bonds. The van der Waals surface area contributed by atoms with Gasteiger partial charge in [0.1, 0.15) is 0 Å². The predicted octanol–water partition coefficient (Wildman–Crippen LogP) is 3.47. The molecule has 2 nitrogen and oxygen atoms in total. The molecule has 1 aromatic rings. The molecule has 0 spiro atoms. The fourth-order valence-electron chi connectivity index (χ4n) is 2.21. The molecule has 0 aliphatic heterocycles. The molecule has 1 aliphatic carbocycles. The van der Waals surface area contributed by atoms with E-state index in [2.05, 4.69) is 39.6 Å². The molecular weight excluding hydrogens is 286 g/mol. The smallest absolute Gasteiger partial charge is 0.0771 e. The Hall–Kier alpha value is 0.1000. The summed E-state index contributed by atoms with van der Waals surface area (Å²) in [5.74, 6) is 0. The van der Waals surface area contributed by atoms with E-state index in [9.17, 15) is 5.11 Å². The van der Waals surface area contributed by atoms with Gasteiger partial charge < -0.3 is 10.4 Å². The summed E-state index contributed by atoms with van der Waals surface area (Å²) in [6.07, 6.45) is 4.22. The maximum atomic E-state index is 10.2. The average Bonchev–Trinajstić information content (AvgIpc) is 2.85. The average molecular weight is 304 g/mol. The van der Waals surface area contributed by atoms with Crippen LogP contribution in [0.5, 0.6) is 0 Å². The van der Waals surface area contributed by atoms with Crippen molar-refractivity contribution in [3.05, 3.63) is 20.8 Å². The van der Waals surface area contributed by atoms with E-state index in [-0.39, 0.29) is 0 Å². The Balaban J connectivity index is 1.86. The van der Waals surface area contributed by atoms with Gasteiger partial charge in [0.25, 0.3) is 0 Å². The second-order valence-electron chi connectivity index (χ2n) is 4.70. The van der Waals surface area contributed by atoms with Crippen LogP contribution < -0.4 is 5.32 Å². The van der Waals surface area contributed by atoms with Crippen molar-refractivity contribution >= 4 is 27.3 Å². The molecule has 2 N–H and O–H groups in total. The summed E-state index contributed by atoms with van der Waals surface area (Å²) in [5.41, 5.74) is -0.456. The molecular formula is C12H18BrNOS. The predicted molar refractivity (Wildman–Crippen MR) is 71.9 cm³/mol. The fourth-order valence-corrected chi connectivity index (χ4v) is 3.69. The topological polar surface area (TPSA) is 32.3 Å². The van der Waals surface area contributed by atoms with Gasteiger partial charge in [0.2, 0.25) is 0 Å². The number of hydrogen-bond acceptors (Lipinski definition) is 3. The van der Waals surface area contributed by atoms with E-state index in [4.69, 9.17) is 0 Å². The van der Waals surface area contributed by atoms with E-state index in [0.717, 1.165) is 30.2 Å². The lowest BCUT2D eigenvalue weighted by molar-refractivity contribution is 0.0454. The molecule has 0 aromatic carbocycles. The van der Waals surface area contributed by atoms with Gasteiger partial charge in [-0.2, -0.15) is 0 Å². The van der Waals surface area contributed by atoms with E-state index in [1.807, 2.05) is 0 Å². The van der Waals surface area contributed by atoms with Gasteiger partial charge in [-0.1, -0.05) is 12.8 Å². The lowest BCUT2D eigenvalue weighted by Gasteiger charge is -2.24. The van der Waals surface area contributed by atoms with Crippen LogP contribution in [0.25, 0.3) is 0 Å². The third kappa shape index (κ3) is 3.06. The van der Waals surface area contributed by atoms with Crippen molar-refractivity contribution in [2.75, 3.05) is 6.54 Å². The molecule has 0 radical (unpaired) electrons. The summed E-state index contributed by atoms with van der Waals surface area (Å²) >= 11 is 5.21. The standard InChI is InChI=1S/C12H18BrNOS/c1-9(11-6-10(13)7-16-11)14-8-12(15)4-2-3-5-12/h6-7,9,14-15H,2-5,8H2,1H3. The fraction of sp³-hybridized carbons (Fsp3) is 0.667. The minimum atomic E-state index is -0.456. The largest absolute Gasteiger partial charge is 0.389 e. The van der Waals surface area contributed by atoms with E-state index >= 15 is 0 Å². The highest BCUT2D eigenvalue weighted by Crippen LogP contribution is 2.30. The first-order chi connectivity index (χ1) is 7.59. The van der Waals surface area contributed by atoms with Gasteiger partial charge in [-0.05, 0) is 41.8 Å². The summed E-state index contributed by atoms with van der Waals surface area (Å²) in [6.45, 7) is 2.86. The van der Waals surface area contributed by atoms with E-state index in [1.165, 1.54) is 4.88 Å². The molecule has 1 atom stereocenters. The van der Waals surface area contributed by atoms with Crippen LogP contribution in [0.15, 0.2) is 15.9 Å². The second-order valence-corrected chi connectivity index (χ2v) is 6.56. The summed E-state index contributed by atoms with van der Waals surface area (Å²) in [4.78, 5) is 1.31. The summed E-state index contributed by atoms with van der Waals surface area (Å²) < 4.78 is 1.14. The Morgan fingerprint density at radius 2 is 2.25 bits per heavy atom. The van der Waals surface area contributed by atoms with Crippen LogP contribution in [0.1, 0.15) is 43.5 Å². The highest BCUT2D eigenvalue weighted by molar-refractivity contribution is 9.10. The molecule has 90 valence electrons. The Morgan fingerprint density at radius 1 is 1.56 bits per heavy atom. The molecule has 1 aromatic heterocycles. The van der Waals surface area contributed by atoms with Crippen LogP contribution in [0, 0.1) is 0 Å². The first kappa shape index (κ1) is 12.6. The summed E-state index contributed by atoms with van der Waals surface area (Å²) in [5, 5.41) is 15.8. The lowest BCUT2D eigenvalue weighted by atomic mass is 10.0. The Bertz CT molecular complexity index is 347. The van der Waals surface area contributed by atoms with E-state index in [0.29, 0.717) is 12.6 Å². The quantitative estimate of drug-likeness (QED) is 0.893. The molecule has 1 saturated carbocycles. The van der Waals surface area contributed by atoms with Crippen LogP contribution in [-0.2, 0) is 0 Å². The number of hydrogen-bond donors (Lipinski definition) is 2. The van der Waals surface area contributed by atoms with Crippen LogP contribution in [0.2, 0.25) is 0 Å². The van der Waals surface area contributed by atoms with Gasteiger partial charge in [0.15, 0.2) is 0 Å². The zero-order valence-electron chi connectivity index (χ0n) is 9.50. The monoisotopic (exact) mass is 303 g/mol. The van der Waals surface area contributed by atoms with Crippen molar-refractivity contribution in [3.8, 4) is 0 Å². The third-order valence-corrected chi connectivity index (χ3v) is 5.16. The van der Waals surface area contributed by atoms with Crippen molar-refractivity contribution in [1.29, 1.82) is 0 Å². The first-order valence-electron chi connectivity index (χ1n) is 5.79. The maximum Gasteiger partial charge on any atom is 0.0771 e. The molecule has 2 rings (SSSR count). The minimum Gasteiger partial charge on any atom is -0.389 e. The molecule has 1 fully saturated rings. The van der Waals surface area contributed by atoms with Crippen molar-refractivity contribution < 1.29 is 5.11 Å². The summed E-state index contributed by atoms with van der Waals surface area (Å²) in [7, 11) is 0. The molecule has 1 unspecified atom stereocenters. The third-order valence-electron chi connectivity index (χ3n) is 3.29. The van der Waals surface area contributed by atoms with Gasteiger partial charge in [-0.25, -0.2) is 0 Å². The van der Waals surface area contributed by atoms with Crippen molar-refractivity contribution in [1.82, 2.24) is 5.32 Å². The van der Waals surface area contributed by atoms with Gasteiger partial charge in [0.05, 0.1) is 5.60 Å². The number of aliphatic hydroxyl groups is 1. The van der Waals surface area contributed by atoms with Gasteiger partial charge in [-0.15, -0.1) is 11.3 Å². The van der Waals surface area contributed by atoms with Crippen LogP contribution in [-0.4, -0.2) is 17.3 Å². The van der Waals surface area contributed by atoms with Crippen LogP contribution in [0.4, 0.5) is 0 Å².